The molecule has 0 saturated heterocycles. The van der Waals surface area contributed by atoms with Gasteiger partial charge in [0.1, 0.15) is 6.17 Å². The molecule has 4 heteroatoms. The van der Waals surface area contributed by atoms with Crippen molar-refractivity contribution in [2.75, 3.05) is 11.4 Å². The van der Waals surface area contributed by atoms with E-state index in [0.717, 1.165) is 42.0 Å². The lowest BCUT2D eigenvalue weighted by atomic mass is 9.95. The van der Waals surface area contributed by atoms with Crippen molar-refractivity contribution in [3.05, 3.63) is 101 Å². The fraction of sp³-hybridized carbons (Fsp3) is 0.192. The average molecular weight is 393 g/mol. The second-order valence-corrected chi connectivity index (χ2v) is 8.32. The summed E-state index contributed by atoms with van der Waals surface area (Å²) in [6.45, 7) is 3.59. The molecule has 4 aromatic rings. The molecule has 6 rings (SSSR count). The predicted molar refractivity (Wildman–Crippen MR) is 120 cm³/mol. The molecule has 1 atom stereocenters. The summed E-state index contributed by atoms with van der Waals surface area (Å²) < 4.78 is 0. The summed E-state index contributed by atoms with van der Waals surface area (Å²) in [6.07, 6.45) is 0.757. The van der Waals surface area contributed by atoms with Gasteiger partial charge in [0.05, 0.1) is 16.9 Å². The van der Waals surface area contributed by atoms with E-state index in [1.807, 2.05) is 23.1 Å². The summed E-state index contributed by atoms with van der Waals surface area (Å²) in [4.78, 5) is 21.5. The molecule has 1 N–H and O–H groups in total. The van der Waals surface area contributed by atoms with E-state index in [1.165, 1.54) is 22.1 Å². The fourth-order valence-electron chi connectivity index (χ4n) is 5.01. The molecule has 148 valence electrons. The highest BCUT2D eigenvalue weighted by Crippen LogP contribution is 2.44. The summed E-state index contributed by atoms with van der Waals surface area (Å²) in [5.41, 5.74) is 7.94. The molecule has 0 fully saturated rings. The first-order chi connectivity index (χ1) is 14.7. The molecule has 0 radical (unpaired) electrons. The number of carbonyl (C=O) groups excluding carboxylic acids is 1. The molecule has 30 heavy (non-hydrogen) atoms. The number of aryl methyl sites for hydroxylation is 1. The number of hydrogen-bond donors (Lipinski definition) is 1. The number of fused-ring (bicyclic) bond motifs is 6. The summed E-state index contributed by atoms with van der Waals surface area (Å²) in [7, 11) is 0. The van der Waals surface area contributed by atoms with Gasteiger partial charge in [0.25, 0.3) is 5.91 Å². The molecular formula is C26H23N3O. The fourth-order valence-corrected chi connectivity index (χ4v) is 5.01. The number of nitrogens with zero attached hydrogens (tertiary/aromatic N) is 2. The van der Waals surface area contributed by atoms with Crippen LogP contribution in [-0.2, 0) is 13.0 Å². The van der Waals surface area contributed by atoms with Crippen molar-refractivity contribution in [1.29, 1.82) is 0 Å². The summed E-state index contributed by atoms with van der Waals surface area (Å²) in [6, 6.07) is 25.2. The highest BCUT2D eigenvalue weighted by molar-refractivity contribution is 6.02. The Kier molecular flexibility index (Phi) is 3.75. The first-order valence-electron chi connectivity index (χ1n) is 10.5. The van der Waals surface area contributed by atoms with Crippen LogP contribution >= 0.6 is 0 Å². The molecule has 3 heterocycles. The van der Waals surface area contributed by atoms with E-state index in [0.29, 0.717) is 0 Å². The Morgan fingerprint density at radius 2 is 1.73 bits per heavy atom. The summed E-state index contributed by atoms with van der Waals surface area (Å²) >= 11 is 0. The minimum Gasteiger partial charge on any atom is -0.355 e. The van der Waals surface area contributed by atoms with E-state index in [9.17, 15) is 4.79 Å². The topological polar surface area (TPSA) is 39.3 Å². The molecule has 1 aromatic heterocycles. The van der Waals surface area contributed by atoms with Crippen LogP contribution in [0, 0.1) is 6.92 Å². The van der Waals surface area contributed by atoms with Gasteiger partial charge >= 0.3 is 0 Å². The Labute approximate surface area is 175 Å². The number of aromatic amines is 1. The Hall–Kier alpha value is -3.53. The Bertz CT molecular complexity index is 1270. The second kappa shape index (κ2) is 6.49. The van der Waals surface area contributed by atoms with Crippen LogP contribution in [0.15, 0.2) is 72.8 Å². The van der Waals surface area contributed by atoms with Gasteiger partial charge in [-0.2, -0.15) is 0 Å². The monoisotopic (exact) mass is 393 g/mol. The number of amides is 1. The van der Waals surface area contributed by atoms with E-state index in [4.69, 9.17) is 0 Å². The largest absolute Gasteiger partial charge is 0.355 e. The highest BCUT2D eigenvalue weighted by atomic mass is 16.2. The van der Waals surface area contributed by atoms with Gasteiger partial charge in [-0.25, -0.2) is 0 Å². The van der Waals surface area contributed by atoms with Crippen LogP contribution in [0.1, 0.15) is 38.9 Å². The Morgan fingerprint density at radius 3 is 2.60 bits per heavy atom. The van der Waals surface area contributed by atoms with Gasteiger partial charge in [0, 0.05) is 24.0 Å². The number of benzene rings is 3. The van der Waals surface area contributed by atoms with Crippen molar-refractivity contribution in [3.63, 3.8) is 0 Å². The van der Waals surface area contributed by atoms with E-state index in [1.54, 1.807) is 0 Å². The first kappa shape index (κ1) is 17.3. The van der Waals surface area contributed by atoms with Crippen LogP contribution in [0.25, 0.3) is 10.9 Å². The maximum absolute atomic E-state index is 13.4. The molecule has 0 aliphatic carbocycles. The summed E-state index contributed by atoms with van der Waals surface area (Å²) in [5.74, 6) is 0.125. The zero-order chi connectivity index (χ0) is 20.2. The lowest BCUT2D eigenvalue weighted by molar-refractivity contribution is 0.0625. The van der Waals surface area contributed by atoms with Crippen LogP contribution in [0.5, 0.6) is 0 Å². The number of anilines is 1. The first-order valence-corrected chi connectivity index (χ1v) is 10.5. The van der Waals surface area contributed by atoms with Gasteiger partial charge in [0.15, 0.2) is 0 Å². The maximum Gasteiger partial charge on any atom is 0.257 e. The normalized spacial score (nSPS) is 17.6. The van der Waals surface area contributed by atoms with Gasteiger partial charge in [-0.15, -0.1) is 0 Å². The van der Waals surface area contributed by atoms with Crippen molar-refractivity contribution in [2.24, 2.45) is 0 Å². The lowest BCUT2D eigenvalue weighted by Crippen LogP contribution is -2.52. The van der Waals surface area contributed by atoms with Gasteiger partial charge in [-0.1, -0.05) is 60.2 Å². The van der Waals surface area contributed by atoms with Crippen molar-refractivity contribution >= 4 is 22.5 Å². The number of carbonyl (C=O) groups is 1. The third-order valence-corrected chi connectivity index (χ3v) is 6.48. The van der Waals surface area contributed by atoms with Gasteiger partial charge < -0.3 is 14.8 Å². The zero-order valence-electron chi connectivity index (χ0n) is 16.9. The molecule has 4 nitrogen and oxygen atoms in total. The Balaban J connectivity index is 1.54. The lowest BCUT2D eigenvalue weighted by Gasteiger charge is -2.47. The minimum absolute atomic E-state index is 0.121. The zero-order valence-corrected chi connectivity index (χ0v) is 16.9. The smallest absolute Gasteiger partial charge is 0.257 e. The molecule has 2 aliphatic rings. The number of H-pyrrole nitrogens is 1. The van der Waals surface area contributed by atoms with Gasteiger partial charge in [0.2, 0.25) is 0 Å². The standard InChI is InChI=1S/C26H23N3O/c1-17-10-12-18(13-11-17)16-29-23-9-5-3-7-21(23)26(30)28-15-14-20-19-6-2-4-8-22(19)27-24(20)25(28)29/h2-13,25,27H,14-16H2,1H3/t25-/m1/s1. The van der Waals surface area contributed by atoms with Gasteiger partial charge in [-0.05, 0) is 42.7 Å². The van der Waals surface area contributed by atoms with Crippen molar-refractivity contribution in [2.45, 2.75) is 26.1 Å². The predicted octanol–water partition coefficient (Wildman–Crippen LogP) is 5.19. The quantitative estimate of drug-likeness (QED) is 0.509. The molecular weight excluding hydrogens is 370 g/mol. The van der Waals surface area contributed by atoms with Crippen molar-refractivity contribution < 1.29 is 4.79 Å². The van der Waals surface area contributed by atoms with E-state index < -0.39 is 0 Å². The average Bonchev–Trinajstić information content (AvgIpc) is 3.16. The molecule has 1 amide bonds. The van der Waals surface area contributed by atoms with E-state index in [-0.39, 0.29) is 12.1 Å². The Morgan fingerprint density at radius 1 is 0.967 bits per heavy atom. The SMILES string of the molecule is Cc1ccc(CN2c3ccccc3C(=O)N3CCc4c([nH]c5ccccc45)[C@H]32)cc1. The molecule has 3 aromatic carbocycles. The molecule has 0 saturated carbocycles. The number of hydrogen-bond acceptors (Lipinski definition) is 2. The molecule has 2 aliphatic heterocycles. The van der Waals surface area contributed by atoms with Gasteiger partial charge in [-0.3, -0.25) is 4.79 Å². The number of nitrogens with one attached hydrogen (secondary N) is 1. The number of rotatable bonds is 2. The van der Waals surface area contributed by atoms with E-state index in [2.05, 4.69) is 71.4 Å². The van der Waals surface area contributed by atoms with Crippen molar-refractivity contribution in [3.8, 4) is 0 Å². The number of aromatic nitrogens is 1. The maximum atomic E-state index is 13.4. The van der Waals surface area contributed by atoms with Crippen molar-refractivity contribution in [1.82, 2.24) is 9.88 Å². The van der Waals surface area contributed by atoms with Crippen LogP contribution in [0.4, 0.5) is 5.69 Å². The second-order valence-electron chi connectivity index (χ2n) is 8.32. The minimum atomic E-state index is -0.121. The highest BCUT2D eigenvalue weighted by Gasteiger charge is 2.42. The third-order valence-electron chi connectivity index (χ3n) is 6.48. The van der Waals surface area contributed by atoms with Crippen LogP contribution in [0.3, 0.4) is 0 Å². The molecule has 0 unspecified atom stereocenters. The van der Waals surface area contributed by atoms with Crippen LogP contribution in [-0.4, -0.2) is 22.3 Å². The van der Waals surface area contributed by atoms with E-state index >= 15 is 0 Å². The van der Waals surface area contributed by atoms with Crippen LogP contribution < -0.4 is 4.90 Å². The number of para-hydroxylation sites is 2. The van der Waals surface area contributed by atoms with Crippen LogP contribution in [0.2, 0.25) is 0 Å². The molecule has 0 spiro atoms. The summed E-state index contributed by atoms with van der Waals surface area (Å²) in [5, 5.41) is 1.27. The third kappa shape index (κ3) is 2.50. The molecule has 0 bridgehead atoms.